The van der Waals surface area contributed by atoms with Crippen LogP contribution in [0.1, 0.15) is 55.7 Å². The summed E-state index contributed by atoms with van der Waals surface area (Å²) in [5.74, 6) is 0.108. The molecule has 5 rings (SSSR count). The van der Waals surface area contributed by atoms with Gasteiger partial charge in [0.25, 0.3) is 0 Å². The van der Waals surface area contributed by atoms with Crippen LogP contribution in [0.4, 0.5) is 0 Å². The molecule has 1 heterocycles. The number of aromatic nitrogens is 1. The van der Waals surface area contributed by atoms with Crippen LogP contribution in [0, 0.1) is 0 Å². The summed E-state index contributed by atoms with van der Waals surface area (Å²) in [5, 5.41) is 12.8. The summed E-state index contributed by atoms with van der Waals surface area (Å²) in [6, 6.07) is 28.5. The molecular formula is C32H31NO2. The predicted octanol–water partition coefficient (Wildman–Crippen LogP) is 7.97. The number of fused-ring (bicyclic) bond motifs is 1. The average molecular weight is 462 g/mol. The minimum absolute atomic E-state index is 0.0203. The van der Waals surface area contributed by atoms with Crippen molar-refractivity contribution in [2.45, 2.75) is 45.6 Å². The van der Waals surface area contributed by atoms with Crippen molar-refractivity contribution in [1.82, 2.24) is 4.57 Å². The van der Waals surface area contributed by atoms with E-state index in [4.69, 9.17) is 0 Å². The van der Waals surface area contributed by atoms with Gasteiger partial charge in [-0.05, 0) is 48.4 Å². The molecule has 0 unspecified atom stereocenters. The zero-order chi connectivity index (χ0) is 24.2. The van der Waals surface area contributed by atoms with Crippen LogP contribution < -0.4 is 0 Å². The number of para-hydroxylation sites is 1. The molecule has 0 fully saturated rings. The number of hydrogen-bond acceptors (Lipinski definition) is 2. The Morgan fingerprint density at radius 2 is 1.51 bits per heavy atom. The SMILES string of the molecule is CC/C1=C(/c2ccccc2)C(=C(O)c2cn(Cc3ccccc3)c3ccccc23)C(=O)CCCC1. The number of benzene rings is 3. The van der Waals surface area contributed by atoms with Gasteiger partial charge in [-0.2, -0.15) is 0 Å². The second-order valence-electron chi connectivity index (χ2n) is 9.23. The lowest BCUT2D eigenvalue weighted by molar-refractivity contribution is -0.115. The molecule has 0 bridgehead atoms. The van der Waals surface area contributed by atoms with Crippen molar-refractivity contribution in [2.75, 3.05) is 0 Å². The molecule has 3 nitrogen and oxygen atoms in total. The fraction of sp³-hybridized carbons (Fsp3) is 0.219. The van der Waals surface area contributed by atoms with Crippen molar-refractivity contribution in [3.63, 3.8) is 0 Å². The van der Waals surface area contributed by atoms with Crippen molar-refractivity contribution in [3.8, 4) is 0 Å². The smallest absolute Gasteiger partial charge is 0.167 e. The van der Waals surface area contributed by atoms with E-state index in [1.807, 2.05) is 72.9 Å². The molecule has 0 aliphatic heterocycles. The van der Waals surface area contributed by atoms with Crippen LogP contribution in [0.2, 0.25) is 0 Å². The number of ketones is 1. The molecule has 3 aromatic carbocycles. The predicted molar refractivity (Wildman–Crippen MR) is 144 cm³/mol. The van der Waals surface area contributed by atoms with Gasteiger partial charge in [0.2, 0.25) is 0 Å². The van der Waals surface area contributed by atoms with Gasteiger partial charge < -0.3 is 9.67 Å². The van der Waals surface area contributed by atoms with Gasteiger partial charge in [0.15, 0.2) is 5.78 Å². The molecule has 1 aliphatic carbocycles. The molecule has 0 saturated carbocycles. The van der Waals surface area contributed by atoms with E-state index in [-0.39, 0.29) is 11.5 Å². The van der Waals surface area contributed by atoms with Crippen LogP contribution in [-0.4, -0.2) is 15.5 Å². The third-order valence-electron chi connectivity index (χ3n) is 6.98. The number of nitrogens with zero attached hydrogens (tertiary/aromatic N) is 1. The first kappa shape index (κ1) is 22.9. The highest BCUT2D eigenvalue weighted by Gasteiger charge is 2.27. The molecule has 0 saturated heterocycles. The van der Waals surface area contributed by atoms with E-state index in [9.17, 15) is 9.90 Å². The quantitative estimate of drug-likeness (QED) is 0.242. The molecule has 4 aromatic rings. The molecule has 0 amide bonds. The van der Waals surface area contributed by atoms with E-state index in [2.05, 4.69) is 29.7 Å². The third-order valence-corrected chi connectivity index (χ3v) is 6.98. The van der Waals surface area contributed by atoms with Gasteiger partial charge in [0, 0.05) is 35.6 Å². The van der Waals surface area contributed by atoms with Crippen LogP contribution in [0.5, 0.6) is 0 Å². The summed E-state index contributed by atoms with van der Waals surface area (Å²) in [7, 11) is 0. The van der Waals surface area contributed by atoms with E-state index in [1.165, 1.54) is 11.1 Å². The zero-order valence-electron chi connectivity index (χ0n) is 20.2. The Balaban J connectivity index is 1.74. The Morgan fingerprint density at radius 1 is 0.857 bits per heavy atom. The van der Waals surface area contributed by atoms with Crippen LogP contribution in [-0.2, 0) is 11.3 Å². The van der Waals surface area contributed by atoms with Crippen molar-refractivity contribution < 1.29 is 9.90 Å². The number of aliphatic hydroxyl groups is 1. The minimum atomic E-state index is 0.0203. The van der Waals surface area contributed by atoms with E-state index < -0.39 is 0 Å². The van der Waals surface area contributed by atoms with Crippen LogP contribution in [0.15, 0.2) is 102 Å². The molecule has 1 N–H and O–H groups in total. The Morgan fingerprint density at radius 3 is 2.26 bits per heavy atom. The summed E-state index contributed by atoms with van der Waals surface area (Å²) in [5.41, 5.74) is 6.55. The summed E-state index contributed by atoms with van der Waals surface area (Å²) >= 11 is 0. The average Bonchev–Trinajstić information content (AvgIpc) is 3.25. The lowest BCUT2D eigenvalue weighted by atomic mass is 9.82. The minimum Gasteiger partial charge on any atom is -0.506 e. The summed E-state index contributed by atoms with van der Waals surface area (Å²) in [6.07, 6.45) is 6.09. The monoisotopic (exact) mass is 461 g/mol. The number of rotatable bonds is 5. The van der Waals surface area contributed by atoms with Gasteiger partial charge in [-0.25, -0.2) is 0 Å². The topological polar surface area (TPSA) is 42.2 Å². The van der Waals surface area contributed by atoms with E-state index >= 15 is 0 Å². The van der Waals surface area contributed by atoms with Gasteiger partial charge in [-0.15, -0.1) is 0 Å². The van der Waals surface area contributed by atoms with Crippen LogP contribution >= 0.6 is 0 Å². The number of carbonyl (C=O) groups excluding carboxylic acids is 1. The molecule has 3 heteroatoms. The fourth-order valence-electron chi connectivity index (χ4n) is 5.23. The Bertz CT molecular complexity index is 1410. The molecule has 1 aromatic heterocycles. The second kappa shape index (κ2) is 10.2. The Hall–Kier alpha value is -3.85. The highest BCUT2D eigenvalue weighted by atomic mass is 16.3. The Kier molecular flexibility index (Phi) is 6.67. The number of hydrogen-bond donors (Lipinski definition) is 1. The lowest BCUT2D eigenvalue weighted by Crippen LogP contribution is -2.12. The van der Waals surface area contributed by atoms with Gasteiger partial charge >= 0.3 is 0 Å². The zero-order valence-corrected chi connectivity index (χ0v) is 20.2. The second-order valence-corrected chi connectivity index (χ2v) is 9.23. The van der Waals surface area contributed by atoms with Crippen molar-refractivity contribution >= 4 is 28.0 Å². The van der Waals surface area contributed by atoms with E-state index in [0.717, 1.165) is 47.7 Å². The van der Waals surface area contributed by atoms with Crippen molar-refractivity contribution in [1.29, 1.82) is 0 Å². The molecule has 0 atom stereocenters. The van der Waals surface area contributed by atoms with Crippen molar-refractivity contribution in [2.24, 2.45) is 0 Å². The standard InChI is InChI=1S/C32H31NO2/c1-2-24-15-9-12-20-29(34)31(30(24)25-16-7-4-8-17-25)32(35)27-22-33(21-23-13-5-3-6-14-23)28-19-11-10-18-26(27)28/h3-8,10-11,13-14,16-19,22,35H,2,9,12,15,20-21H2,1H3/b30-24+,32-31?. The Labute approximate surface area is 207 Å². The third kappa shape index (κ3) is 4.59. The van der Waals surface area contributed by atoms with E-state index in [1.54, 1.807) is 0 Å². The maximum Gasteiger partial charge on any atom is 0.167 e. The summed E-state index contributed by atoms with van der Waals surface area (Å²) in [4.78, 5) is 13.6. The first-order valence-corrected chi connectivity index (χ1v) is 12.5. The van der Waals surface area contributed by atoms with Crippen molar-refractivity contribution in [3.05, 3.63) is 119 Å². The highest BCUT2D eigenvalue weighted by Crippen LogP contribution is 2.39. The molecule has 176 valence electrons. The molecule has 1 aliphatic rings. The molecular weight excluding hydrogens is 430 g/mol. The molecule has 0 spiro atoms. The number of aliphatic hydroxyl groups excluding tert-OH is 1. The fourth-order valence-corrected chi connectivity index (χ4v) is 5.23. The highest BCUT2D eigenvalue weighted by molar-refractivity contribution is 6.17. The van der Waals surface area contributed by atoms with Gasteiger partial charge in [-0.3, -0.25) is 4.79 Å². The molecule has 35 heavy (non-hydrogen) atoms. The number of Topliss-reactive ketones (excluding diaryl/α,β-unsaturated/α-hetero) is 1. The largest absolute Gasteiger partial charge is 0.506 e. The summed E-state index contributed by atoms with van der Waals surface area (Å²) in [6.45, 7) is 2.84. The van der Waals surface area contributed by atoms with Gasteiger partial charge in [0.05, 0.1) is 5.57 Å². The van der Waals surface area contributed by atoms with Crippen LogP contribution in [0.3, 0.4) is 0 Å². The number of allylic oxidation sites excluding steroid dienone is 3. The normalized spacial score (nSPS) is 18.4. The van der Waals surface area contributed by atoms with E-state index in [0.29, 0.717) is 24.1 Å². The first-order valence-electron chi connectivity index (χ1n) is 12.5. The maximum atomic E-state index is 13.6. The van der Waals surface area contributed by atoms with Gasteiger partial charge in [-0.1, -0.05) is 91.4 Å². The summed E-state index contributed by atoms with van der Waals surface area (Å²) < 4.78 is 2.16. The first-order chi connectivity index (χ1) is 17.2. The maximum absolute atomic E-state index is 13.6. The number of carbonyl (C=O) groups is 1. The van der Waals surface area contributed by atoms with Gasteiger partial charge in [0.1, 0.15) is 5.76 Å². The molecule has 0 radical (unpaired) electrons. The van der Waals surface area contributed by atoms with Crippen LogP contribution in [0.25, 0.3) is 22.2 Å². The lowest BCUT2D eigenvalue weighted by Gasteiger charge is -2.21.